The molecule has 0 aromatic rings. The van der Waals surface area contributed by atoms with Crippen molar-refractivity contribution in [1.82, 2.24) is 0 Å². The van der Waals surface area contributed by atoms with E-state index in [0.29, 0.717) is 0 Å². The third kappa shape index (κ3) is 2.22. The average Bonchev–Trinajstić information content (AvgIpc) is 2.31. The number of hydrogen-bond acceptors (Lipinski definition) is 1. The summed E-state index contributed by atoms with van der Waals surface area (Å²) in [5.41, 5.74) is 7.00. The molecule has 88 valence electrons. The molecule has 0 spiro atoms. The summed E-state index contributed by atoms with van der Waals surface area (Å²) in [6.07, 6.45) is 13.9. The Bertz CT molecular complexity index is 196. The van der Waals surface area contributed by atoms with Gasteiger partial charge in [0.05, 0.1) is 0 Å². The Kier molecular flexibility index (Phi) is 3.71. The molecule has 0 amide bonds. The minimum atomic E-state index is 0.216. The summed E-state index contributed by atoms with van der Waals surface area (Å²) in [5.74, 6) is 1.66. The second kappa shape index (κ2) is 4.86. The molecule has 2 aliphatic rings. The third-order valence-corrected chi connectivity index (χ3v) is 5.03. The molecular weight excluding hydrogens is 182 g/mol. The van der Waals surface area contributed by atoms with Crippen molar-refractivity contribution < 1.29 is 0 Å². The third-order valence-electron chi connectivity index (χ3n) is 5.03. The van der Waals surface area contributed by atoms with E-state index in [0.717, 1.165) is 11.8 Å². The van der Waals surface area contributed by atoms with Gasteiger partial charge in [0.15, 0.2) is 0 Å². The summed E-state index contributed by atoms with van der Waals surface area (Å²) in [7, 11) is 0. The van der Waals surface area contributed by atoms with Gasteiger partial charge in [-0.05, 0) is 37.5 Å². The molecular formula is C14H27N. The Morgan fingerprint density at radius 1 is 1.00 bits per heavy atom. The fourth-order valence-corrected chi connectivity index (χ4v) is 4.06. The van der Waals surface area contributed by atoms with Crippen LogP contribution in [0.2, 0.25) is 0 Å². The zero-order valence-electron chi connectivity index (χ0n) is 10.3. The molecule has 0 aromatic heterocycles. The molecule has 0 saturated heterocycles. The van der Waals surface area contributed by atoms with Crippen LogP contribution in [0.1, 0.15) is 71.1 Å². The zero-order valence-corrected chi connectivity index (χ0v) is 10.3. The van der Waals surface area contributed by atoms with Crippen molar-refractivity contribution in [2.75, 3.05) is 0 Å². The summed E-state index contributed by atoms with van der Waals surface area (Å²) < 4.78 is 0. The van der Waals surface area contributed by atoms with Crippen LogP contribution in [0.5, 0.6) is 0 Å². The van der Waals surface area contributed by atoms with E-state index >= 15 is 0 Å². The van der Waals surface area contributed by atoms with Gasteiger partial charge in [0.2, 0.25) is 0 Å². The highest BCUT2D eigenvalue weighted by Gasteiger charge is 2.42. The molecule has 2 N–H and O–H groups in total. The molecule has 2 aliphatic carbocycles. The Balaban J connectivity index is 2.06. The molecule has 0 radical (unpaired) electrons. The molecule has 0 aliphatic heterocycles. The average molecular weight is 209 g/mol. The van der Waals surface area contributed by atoms with Gasteiger partial charge < -0.3 is 5.73 Å². The highest BCUT2D eigenvalue weighted by Crippen LogP contribution is 2.44. The van der Waals surface area contributed by atoms with Gasteiger partial charge in [0.1, 0.15) is 0 Å². The van der Waals surface area contributed by atoms with Crippen molar-refractivity contribution in [3.05, 3.63) is 0 Å². The van der Waals surface area contributed by atoms with Gasteiger partial charge in [-0.25, -0.2) is 0 Å². The first-order valence-corrected chi connectivity index (χ1v) is 7.06. The lowest BCUT2D eigenvalue weighted by molar-refractivity contribution is 0.0870. The Morgan fingerprint density at radius 2 is 1.67 bits per heavy atom. The van der Waals surface area contributed by atoms with E-state index in [1.165, 1.54) is 64.2 Å². The van der Waals surface area contributed by atoms with E-state index in [1.807, 2.05) is 0 Å². The second-order valence-electron chi connectivity index (χ2n) is 5.80. The van der Waals surface area contributed by atoms with Crippen LogP contribution >= 0.6 is 0 Å². The van der Waals surface area contributed by atoms with E-state index in [-0.39, 0.29) is 5.54 Å². The lowest BCUT2D eigenvalue weighted by atomic mass is 9.62. The maximum Gasteiger partial charge on any atom is 0.0211 e. The predicted molar refractivity (Wildman–Crippen MR) is 65.7 cm³/mol. The van der Waals surface area contributed by atoms with Crippen molar-refractivity contribution in [2.24, 2.45) is 17.6 Å². The first-order valence-electron chi connectivity index (χ1n) is 7.06. The van der Waals surface area contributed by atoms with E-state index < -0.39 is 0 Å². The van der Waals surface area contributed by atoms with Crippen molar-refractivity contribution in [1.29, 1.82) is 0 Å². The van der Waals surface area contributed by atoms with Crippen LogP contribution in [0.15, 0.2) is 0 Å². The molecule has 1 heteroatoms. The lowest BCUT2D eigenvalue weighted by Gasteiger charge is -2.48. The topological polar surface area (TPSA) is 26.0 Å². The number of nitrogens with two attached hydrogens (primary N) is 1. The van der Waals surface area contributed by atoms with Crippen LogP contribution < -0.4 is 5.73 Å². The van der Waals surface area contributed by atoms with Crippen LogP contribution in [0.25, 0.3) is 0 Å². The Labute approximate surface area is 94.8 Å². The Hall–Kier alpha value is -0.0400. The normalized spacial score (nSPS) is 39.2. The summed E-state index contributed by atoms with van der Waals surface area (Å²) in [6, 6.07) is 0. The minimum Gasteiger partial charge on any atom is -0.325 e. The molecule has 1 nitrogen and oxygen atoms in total. The van der Waals surface area contributed by atoms with Gasteiger partial charge in [-0.15, -0.1) is 0 Å². The van der Waals surface area contributed by atoms with Crippen LogP contribution in [0.4, 0.5) is 0 Å². The van der Waals surface area contributed by atoms with Gasteiger partial charge in [0.25, 0.3) is 0 Å². The summed E-state index contributed by atoms with van der Waals surface area (Å²) in [6.45, 7) is 2.33. The summed E-state index contributed by atoms with van der Waals surface area (Å²) in [5, 5.41) is 0. The molecule has 2 saturated carbocycles. The predicted octanol–water partition coefficient (Wildman–Crippen LogP) is 3.86. The van der Waals surface area contributed by atoms with Gasteiger partial charge >= 0.3 is 0 Å². The first kappa shape index (κ1) is 11.4. The van der Waals surface area contributed by atoms with E-state index in [1.54, 1.807) is 0 Å². The maximum absolute atomic E-state index is 6.79. The van der Waals surface area contributed by atoms with E-state index in [2.05, 4.69) is 6.92 Å². The smallest absolute Gasteiger partial charge is 0.0211 e. The fraction of sp³-hybridized carbons (Fsp3) is 1.00. The van der Waals surface area contributed by atoms with Crippen LogP contribution in [-0.2, 0) is 0 Å². The molecule has 2 atom stereocenters. The molecule has 0 bridgehead atoms. The van der Waals surface area contributed by atoms with Gasteiger partial charge in [-0.1, -0.05) is 45.4 Å². The maximum atomic E-state index is 6.79. The highest BCUT2D eigenvalue weighted by molar-refractivity contribution is 4.99. The fourth-order valence-electron chi connectivity index (χ4n) is 4.06. The summed E-state index contributed by atoms with van der Waals surface area (Å²) >= 11 is 0. The SMILES string of the molecule is CCC1CCCCC1(N)C1CCCCC1. The minimum absolute atomic E-state index is 0.216. The first-order chi connectivity index (χ1) is 7.27. The van der Waals surface area contributed by atoms with Crippen LogP contribution in [-0.4, -0.2) is 5.54 Å². The second-order valence-corrected chi connectivity index (χ2v) is 5.80. The quantitative estimate of drug-likeness (QED) is 0.734. The van der Waals surface area contributed by atoms with Crippen molar-refractivity contribution >= 4 is 0 Å². The Morgan fingerprint density at radius 3 is 2.33 bits per heavy atom. The highest BCUT2D eigenvalue weighted by atomic mass is 14.8. The van der Waals surface area contributed by atoms with E-state index in [9.17, 15) is 0 Å². The number of rotatable bonds is 2. The standard InChI is InChI=1S/C14H27N/c1-2-12-8-6-7-11-14(12,15)13-9-4-3-5-10-13/h12-13H,2-11,15H2,1H3. The van der Waals surface area contributed by atoms with E-state index in [4.69, 9.17) is 5.73 Å². The van der Waals surface area contributed by atoms with Crippen LogP contribution in [0.3, 0.4) is 0 Å². The molecule has 15 heavy (non-hydrogen) atoms. The van der Waals surface area contributed by atoms with Crippen molar-refractivity contribution in [2.45, 2.75) is 76.7 Å². The largest absolute Gasteiger partial charge is 0.325 e. The van der Waals surface area contributed by atoms with Crippen LogP contribution in [0, 0.1) is 11.8 Å². The molecule has 2 rings (SSSR count). The van der Waals surface area contributed by atoms with Gasteiger partial charge in [-0.3, -0.25) is 0 Å². The lowest BCUT2D eigenvalue weighted by Crippen LogP contribution is -2.55. The molecule has 2 unspecified atom stereocenters. The molecule has 2 fully saturated rings. The van der Waals surface area contributed by atoms with Gasteiger partial charge in [0, 0.05) is 5.54 Å². The number of hydrogen-bond donors (Lipinski definition) is 1. The van der Waals surface area contributed by atoms with Gasteiger partial charge in [-0.2, -0.15) is 0 Å². The molecule has 0 aromatic carbocycles. The zero-order chi connectivity index (χ0) is 10.7. The molecule has 0 heterocycles. The van der Waals surface area contributed by atoms with Crippen molar-refractivity contribution in [3.63, 3.8) is 0 Å². The van der Waals surface area contributed by atoms with Crippen molar-refractivity contribution in [3.8, 4) is 0 Å². The monoisotopic (exact) mass is 209 g/mol. The summed E-state index contributed by atoms with van der Waals surface area (Å²) in [4.78, 5) is 0.